The van der Waals surface area contributed by atoms with Gasteiger partial charge in [0.1, 0.15) is 5.78 Å². The van der Waals surface area contributed by atoms with Gasteiger partial charge in [-0.25, -0.2) is 0 Å². The van der Waals surface area contributed by atoms with Gasteiger partial charge in [0.2, 0.25) is 0 Å². The molecule has 0 aliphatic carbocycles. The van der Waals surface area contributed by atoms with Crippen LogP contribution in [0.3, 0.4) is 0 Å². The van der Waals surface area contributed by atoms with Crippen molar-refractivity contribution in [3.8, 4) is 0 Å². The Morgan fingerprint density at radius 1 is 1.38 bits per heavy atom. The number of carbonyl (C=O) groups is 1. The molecule has 13 heavy (non-hydrogen) atoms. The van der Waals surface area contributed by atoms with E-state index in [9.17, 15) is 4.79 Å². The molecule has 0 spiro atoms. The van der Waals surface area contributed by atoms with Gasteiger partial charge in [-0.05, 0) is 27.2 Å². The highest BCUT2D eigenvalue weighted by Crippen LogP contribution is 2.30. The second-order valence-electron chi connectivity index (χ2n) is 5.72. The van der Waals surface area contributed by atoms with Crippen LogP contribution in [0.2, 0.25) is 25.2 Å². The topological polar surface area (TPSA) is 43.1 Å². The third-order valence-corrected chi connectivity index (χ3v) is 4.97. The molecule has 2 N–H and O–H groups in total. The Balaban J connectivity index is 4.56. The van der Waals surface area contributed by atoms with Crippen LogP contribution in [0.5, 0.6) is 0 Å². The number of nitrogens with two attached hydrogens (primary N) is 1. The number of Topliss-reactive ketones (excluding diaryl/α,β-unsaturated/α-hetero) is 1. The van der Waals surface area contributed by atoms with Crippen molar-refractivity contribution >= 4 is 13.9 Å². The lowest BCUT2D eigenvalue weighted by Crippen LogP contribution is -2.42. The van der Waals surface area contributed by atoms with Crippen LogP contribution in [0, 0.1) is 0 Å². The Morgan fingerprint density at radius 3 is 1.85 bits per heavy atom. The first-order valence-corrected chi connectivity index (χ1v) is 8.41. The van der Waals surface area contributed by atoms with Crippen molar-refractivity contribution in [2.45, 2.75) is 57.9 Å². The zero-order chi connectivity index (χ0) is 10.9. The van der Waals surface area contributed by atoms with E-state index in [1.54, 1.807) is 6.92 Å². The molecule has 1 unspecified atom stereocenters. The van der Waals surface area contributed by atoms with Gasteiger partial charge in [0.05, 0.1) is 8.07 Å². The molecule has 0 aromatic rings. The van der Waals surface area contributed by atoms with Crippen molar-refractivity contribution in [2.24, 2.45) is 5.73 Å². The molecule has 0 heterocycles. The van der Waals surface area contributed by atoms with E-state index in [1.807, 2.05) is 13.8 Å². The molecule has 0 bridgehead atoms. The molecular weight excluding hydrogens is 178 g/mol. The summed E-state index contributed by atoms with van der Waals surface area (Å²) in [7, 11) is -1.39. The van der Waals surface area contributed by atoms with Crippen LogP contribution < -0.4 is 5.73 Å². The van der Waals surface area contributed by atoms with Gasteiger partial charge in [-0.15, -0.1) is 0 Å². The van der Waals surface area contributed by atoms with E-state index < -0.39 is 8.07 Å². The average molecular weight is 201 g/mol. The Morgan fingerprint density at radius 2 is 1.77 bits per heavy atom. The van der Waals surface area contributed by atoms with Gasteiger partial charge < -0.3 is 10.5 Å². The van der Waals surface area contributed by atoms with E-state index >= 15 is 0 Å². The van der Waals surface area contributed by atoms with E-state index in [-0.39, 0.29) is 11.1 Å². The number of hydrogen-bond donors (Lipinski definition) is 1. The van der Waals surface area contributed by atoms with Crippen LogP contribution in [0.15, 0.2) is 0 Å². The molecule has 0 aromatic carbocycles. The molecule has 0 radical (unpaired) electrons. The Kier molecular flexibility index (Phi) is 3.88. The summed E-state index contributed by atoms with van der Waals surface area (Å²) in [5, 5.41) is 0. The summed E-state index contributed by atoms with van der Waals surface area (Å²) in [5.41, 5.74) is 5.92. The lowest BCUT2D eigenvalue weighted by atomic mass is 9.98. The minimum absolute atomic E-state index is 0.201. The van der Waals surface area contributed by atoms with Crippen molar-refractivity contribution in [3.05, 3.63) is 0 Å². The van der Waals surface area contributed by atoms with Gasteiger partial charge >= 0.3 is 0 Å². The van der Waals surface area contributed by atoms with Gasteiger partial charge in [0.15, 0.2) is 0 Å². The van der Waals surface area contributed by atoms with Crippen LogP contribution in [0.25, 0.3) is 0 Å². The molecule has 0 aliphatic rings. The van der Waals surface area contributed by atoms with Crippen LogP contribution in [-0.2, 0) is 4.79 Å². The second-order valence-corrected chi connectivity index (χ2v) is 11.2. The highest BCUT2D eigenvalue weighted by atomic mass is 28.3. The minimum Gasteiger partial charge on any atom is -0.326 e. The van der Waals surface area contributed by atoms with Gasteiger partial charge in [0.25, 0.3) is 0 Å². The molecular formula is C10H23NOSi. The van der Waals surface area contributed by atoms with E-state index in [2.05, 4.69) is 19.6 Å². The smallest absolute Gasteiger partial charge is 0.130 e. The first kappa shape index (κ1) is 12.8. The first-order chi connectivity index (χ1) is 5.54. The van der Waals surface area contributed by atoms with E-state index in [4.69, 9.17) is 5.73 Å². The van der Waals surface area contributed by atoms with Gasteiger partial charge in [0, 0.05) is 11.1 Å². The minimum atomic E-state index is -1.39. The average Bonchev–Trinajstić information content (AvgIpc) is 1.77. The summed E-state index contributed by atoms with van der Waals surface area (Å²) in [4.78, 5) is 11.4. The Hall–Kier alpha value is -0.153. The molecule has 0 aromatic heterocycles. The fourth-order valence-corrected chi connectivity index (χ4v) is 3.94. The second kappa shape index (κ2) is 3.92. The molecule has 0 rings (SSSR count). The summed E-state index contributed by atoms with van der Waals surface area (Å²) in [6, 6.07) is 0. The third kappa shape index (κ3) is 5.21. The lowest BCUT2D eigenvalue weighted by molar-refractivity contribution is -0.117. The maximum atomic E-state index is 11.4. The first-order valence-electron chi connectivity index (χ1n) is 4.83. The van der Waals surface area contributed by atoms with Crippen molar-refractivity contribution in [1.29, 1.82) is 0 Å². The largest absolute Gasteiger partial charge is 0.326 e. The summed E-state index contributed by atoms with van der Waals surface area (Å²) in [6.45, 7) is 12.3. The highest BCUT2D eigenvalue weighted by Gasteiger charge is 2.33. The number of carbonyl (C=O) groups excluding carboxylic acids is 1. The monoisotopic (exact) mass is 201 g/mol. The molecule has 78 valence electrons. The quantitative estimate of drug-likeness (QED) is 0.710. The van der Waals surface area contributed by atoms with E-state index in [0.29, 0.717) is 5.78 Å². The van der Waals surface area contributed by atoms with E-state index in [1.165, 1.54) is 0 Å². The van der Waals surface area contributed by atoms with Gasteiger partial charge in [-0.2, -0.15) is 0 Å². The van der Waals surface area contributed by atoms with Crippen molar-refractivity contribution < 1.29 is 4.79 Å². The van der Waals surface area contributed by atoms with Crippen LogP contribution in [0.4, 0.5) is 0 Å². The highest BCUT2D eigenvalue weighted by molar-refractivity contribution is 6.80. The summed E-state index contributed by atoms with van der Waals surface area (Å²) >= 11 is 0. The van der Waals surface area contributed by atoms with Crippen LogP contribution in [0.1, 0.15) is 27.2 Å². The Bertz CT molecular complexity index is 188. The fraction of sp³-hybridized carbons (Fsp3) is 0.900. The van der Waals surface area contributed by atoms with Gasteiger partial charge in [-0.1, -0.05) is 19.6 Å². The zero-order valence-electron chi connectivity index (χ0n) is 9.77. The molecule has 0 aliphatic heterocycles. The standard InChI is InChI=1S/C10H23NOSi/c1-8(12)9(13(4,5)6)7-10(2,3)11/h9H,7,11H2,1-6H3. The molecule has 1 atom stereocenters. The summed E-state index contributed by atoms with van der Waals surface area (Å²) < 4.78 is 0. The molecule has 0 saturated heterocycles. The molecule has 0 saturated carbocycles. The maximum Gasteiger partial charge on any atom is 0.130 e. The van der Waals surface area contributed by atoms with E-state index in [0.717, 1.165) is 6.42 Å². The van der Waals surface area contributed by atoms with Crippen LogP contribution >= 0.6 is 0 Å². The number of ketones is 1. The molecule has 2 nitrogen and oxygen atoms in total. The van der Waals surface area contributed by atoms with Crippen molar-refractivity contribution in [1.82, 2.24) is 0 Å². The van der Waals surface area contributed by atoms with Gasteiger partial charge in [-0.3, -0.25) is 0 Å². The normalized spacial score (nSPS) is 15.6. The van der Waals surface area contributed by atoms with Crippen molar-refractivity contribution in [2.75, 3.05) is 0 Å². The number of hydrogen-bond acceptors (Lipinski definition) is 2. The van der Waals surface area contributed by atoms with Crippen molar-refractivity contribution in [3.63, 3.8) is 0 Å². The fourth-order valence-electron chi connectivity index (χ4n) is 1.59. The summed E-state index contributed by atoms with van der Waals surface area (Å²) in [5.74, 6) is 0.303. The predicted molar refractivity (Wildman–Crippen MR) is 60.7 cm³/mol. The third-order valence-electron chi connectivity index (χ3n) is 2.27. The predicted octanol–water partition coefficient (Wildman–Crippen LogP) is 2.41. The lowest BCUT2D eigenvalue weighted by Gasteiger charge is -2.32. The molecule has 3 heteroatoms. The summed E-state index contributed by atoms with van der Waals surface area (Å²) in [6.07, 6.45) is 0.818. The Labute approximate surface area is 82.9 Å². The molecule has 0 amide bonds. The zero-order valence-corrected chi connectivity index (χ0v) is 10.8. The maximum absolute atomic E-state index is 11.4. The number of rotatable bonds is 4. The van der Waals surface area contributed by atoms with Crippen LogP contribution in [-0.4, -0.2) is 19.4 Å². The molecule has 0 fully saturated rings. The SMILES string of the molecule is CC(=O)C(CC(C)(C)N)[Si](C)(C)C.